The number of terminal acetylenes is 1. The van der Waals surface area contributed by atoms with E-state index in [2.05, 4.69) is 5.92 Å². The molecule has 0 radical (unpaired) electrons. The Kier molecular flexibility index (Phi) is 4.56. The van der Waals surface area contributed by atoms with E-state index in [1.165, 1.54) is 0 Å². The summed E-state index contributed by atoms with van der Waals surface area (Å²) in [5.74, 6) is 1.35. The SMILES string of the molecule is C#CC[NH2+]CCC(=O)[O-]. The van der Waals surface area contributed by atoms with Crippen LogP contribution in [0.4, 0.5) is 0 Å². The fourth-order valence-electron chi connectivity index (χ4n) is 0.405. The van der Waals surface area contributed by atoms with Crippen LogP contribution in [0, 0.1) is 12.3 Å². The Morgan fingerprint density at radius 1 is 1.78 bits per heavy atom. The van der Waals surface area contributed by atoms with Crippen molar-refractivity contribution in [2.45, 2.75) is 6.42 Å². The smallest absolute Gasteiger partial charge is 0.137 e. The van der Waals surface area contributed by atoms with Gasteiger partial charge in [-0.05, 0) is 5.92 Å². The molecule has 3 heteroatoms. The van der Waals surface area contributed by atoms with Crippen LogP contribution in [0.1, 0.15) is 6.42 Å². The van der Waals surface area contributed by atoms with Crippen molar-refractivity contribution in [2.24, 2.45) is 0 Å². The molecule has 0 amide bonds. The van der Waals surface area contributed by atoms with Crippen LogP contribution in [0.25, 0.3) is 0 Å². The first-order chi connectivity index (χ1) is 4.27. The zero-order chi connectivity index (χ0) is 7.11. The highest BCUT2D eigenvalue weighted by Crippen LogP contribution is 1.62. The number of quaternary nitrogens is 1. The summed E-state index contributed by atoms with van der Waals surface area (Å²) in [5.41, 5.74) is 0. The predicted molar refractivity (Wildman–Crippen MR) is 30.1 cm³/mol. The molecule has 0 fully saturated rings. The number of nitrogens with two attached hydrogens (primary N) is 1. The van der Waals surface area contributed by atoms with Crippen molar-refractivity contribution in [1.82, 2.24) is 0 Å². The first-order valence-electron chi connectivity index (χ1n) is 2.72. The van der Waals surface area contributed by atoms with Crippen LogP contribution in [0.15, 0.2) is 0 Å². The highest BCUT2D eigenvalue weighted by molar-refractivity contribution is 5.64. The molecule has 0 unspecified atom stereocenters. The lowest BCUT2D eigenvalue weighted by Gasteiger charge is -1.97. The minimum absolute atomic E-state index is 0.0711. The number of carbonyl (C=O) groups is 1. The monoisotopic (exact) mass is 127 g/mol. The molecule has 0 spiro atoms. The zero-order valence-corrected chi connectivity index (χ0v) is 5.09. The van der Waals surface area contributed by atoms with E-state index in [0.29, 0.717) is 13.1 Å². The highest BCUT2D eigenvalue weighted by atomic mass is 16.4. The summed E-state index contributed by atoms with van der Waals surface area (Å²) in [6.45, 7) is 1.04. The van der Waals surface area contributed by atoms with E-state index in [-0.39, 0.29) is 6.42 Å². The molecule has 9 heavy (non-hydrogen) atoms. The van der Waals surface area contributed by atoms with Gasteiger partial charge in [-0.15, -0.1) is 6.42 Å². The Bertz CT molecular complexity index is 126. The van der Waals surface area contributed by atoms with Gasteiger partial charge in [0.05, 0.1) is 6.54 Å². The second kappa shape index (κ2) is 5.13. The molecule has 0 heterocycles. The van der Waals surface area contributed by atoms with E-state index in [4.69, 9.17) is 6.42 Å². The van der Waals surface area contributed by atoms with Gasteiger partial charge in [0.1, 0.15) is 6.54 Å². The van der Waals surface area contributed by atoms with Crippen molar-refractivity contribution in [3.8, 4) is 12.3 Å². The molecule has 0 atom stereocenters. The molecule has 0 bridgehead atoms. The summed E-state index contributed by atoms with van der Waals surface area (Å²) < 4.78 is 0. The van der Waals surface area contributed by atoms with E-state index < -0.39 is 5.97 Å². The summed E-state index contributed by atoms with van der Waals surface area (Å²) in [4.78, 5) is 9.78. The number of hydrogen-bond acceptors (Lipinski definition) is 2. The highest BCUT2D eigenvalue weighted by Gasteiger charge is 1.86. The Hall–Kier alpha value is -1.01. The van der Waals surface area contributed by atoms with Gasteiger partial charge >= 0.3 is 0 Å². The molecule has 0 aromatic heterocycles. The van der Waals surface area contributed by atoms with E-state index in [1.54, 1.807) is 5.32 Å². The second-order valence-corrected chi connectivity index (χ2v) is 1.61. The molecular weight excluding hydrogens is 118 g/mol. The van der Waals surface area contributed by atoms with Crippen LogP contribution in [0.5, 0.6) is 0 Å². The quantitative estimate of drug-likeness (QED) is 0.330. The second-order valence-electron chi connectivity index (χ2n) is 1.61. The Morgan fingerprint density at radius 2 is 2.44 bits per heavy atom. The largest absolute Gasteiger partial charge is 0.550 e. The van der Waals surface area contributed by atoms with Crippen molar-refractivity contribution in [2.75, 3.05) is 13.1 Å². The normalized spacial score (nSPS) is 8.33. The Morgan fingerprint density at radius 3 is 2.89 bits per heavy atom. The number of hydrogen-bond donors (Lipinski definition) is 1. The summed E-state index contributed by atoms with van der Waals surface area (Å²) in [6.07, 6.45) is 4.97. The van der Waals surface area contributed by atoms with Crippen molar-refractivity contribution in [1.29, 1.82) is 0 Å². The zero-order valence-electron chi connectivity index (χ0n) is 5.09. The average molecular weight is 127 g/mol. The first-order valence-corrected chi connectivity index (χ1v) is 2.72. The maximum atomic E-state index is 9.78. The fourth-order valence-corrected chi connectivity index (χ4v) is 0.405. The third kappa shape index (κ3) is 6.99. The van der Waals surface area contributed by atoms with Gasteiger partial charge in [-0.25, -0.2) is 0 Å². The topological polar surface area (TPSA) is 56.7 Å². The lowest BCUT2D eigenvalue weighted by Crippen LogP contribution is -2.84. The Labute approximate surface area is 54.1 Å². The third-order valence-electron chi connectivity index (χ3n) is 0.815. The lowest BCUT2D eigenvalue weighted by atomic mass is 10.4. The maximum absolute atomic E-state index is 9.78. The van der Waals surface area contributed by atoms with Crippen molar-refractivity contribution < 1.29 is 15.2 Å². The molecule has 0 aromatic rings. The number of aliphatic carboxylic acids is 1. The van der Waals surface area contributed by atoms with Crippen LogP contribution < -0.4 is 10.4 Å². The minimum atomic E-state index is -1.02. The predicted octanol–water partition coefficient (Wildman–Crippen LogP) is -2.68. The minimum Gasteiger partial charge on any atom is -0.550 e. The van der Waals surface area contributed by atoms with Gasteiger partial charge in [0.25, 0.3) is 0 Å². The van der Waals surface area contributed by atoms with E-state index >= 15 is 0 Å². The number of carboxylic acids is 1. The van der Waals surface area contributed by atoms with Gasteiger partial charge < -0.3 is 15.2 Å². The van der Waals surface area contributed by atoms with Crippen LogP contribution in [-0.2, 0) is 4.79 Å². The van der Waals surface area contributed by atoms with E-state index in [1.807, 2.05) is 0 Å². The number of carbonyl (C=O) groups excluding carboxylic acids is 1. The molecule has 0 aliphatic rings. The molecule has 0 aliphatic heterocycles. The van der Waals surface area contributed by atoms with Crippen LogP contribution in [-0.4, -0.2) is 19.1 Å². The van der Waals surface area contributed by atoms with Crippen molar-refractivity contribution >= 4 is 5.97 Å². The molecule has 0 aliphatic carbocycles. The van der Waals surface area contributed by atoms with Crippen molar-refractivity contribution in [3.05, 3.63) is 0 Å². The van der Waals surface area contributed by atoms with Gasteiger partial charge in [0, 0.05) is 12.4 Å². The van der Waals surface area contributed by atoms with E-state index in [9.17, 15) is 9.90 Å². The van der Waals surface area contributed by atoms with Gasteiger partial charge in [0.15, 0.2) is 0 Å². The number of rotatable bonds is 4. The van der Waals surface area contributed by atoms with E-state index in [0.717, 1.165) is 0 Å². The molecular formula is C6H9NO2. The fraction of sp³-hybridized carbons (Fsp3) is 0.500. The van der Waals surface area contributed by atoms with Crippen LogP contribution in [0.2, 0.25) is 0 Å². The van der Waals surface area contributed by atoms with Crippen molar-refractivity contribution in [3.63, 3.8) is 0 Å². The molecule has 0 saturated carbocycles. The Balaban J connectivity index is 2.94. The first kappa shape index (κ1) is 7.99. The molecule has 2 N–H and O–H groups in total. The van der Waals surface area contributed by atoms with Gasteiger partial charge in [-0.3, -0.25) is 0 Å². The maximum Gasteiger partial charge on any atom is 0.137 e. The van der Waals surface area contributed by atoms with Gasteiger partial charge in [0.2, 0.25) is 0 Å². The number of carboxylic acid groups (broad SMARTS) is 1. The summed E-state index contributed by atoms with van der Waals surface area (Å²) in [6, 6.07) is 0. The summed E-state index contributed by atoms with van der Waals surface area (Å²) in [7, 11) is 0. The standard InChI is InChI=1S/C6H9NO2/c1-2-4-7-5-3-6(8)9/h1,7H,3-5H2,(H,8,9). The van der Waals surface area contributed by atoms with Gasteiger partial charge in [-0.2, -0.15) is 0 Å². The van der Waals surface area contributed by atoms with Gasteiger partial charge in [-0.1, -0.05) is 0 Å². The average Bonchev–Trinajstić information content (AvgIpc) is 1.80. The molecule has 50 valence electrons. The third-order valence-corrected chi connectivity index (χ3v) is 0.815. The molecule has 3 nitrogen and oxygen atoms in total. The summed E-state index contributed by atoms with van der Waals surface area (Å²) >= 11 is 0. The molecule has 0 rings (SSSR count). The molecule has 0 saturated heterocycles. The summed E-state index contributed by atoms with van der Waals surface area (Å²) in [5, 5.41) is 11.5. The molecule has 0 aromatic carbocycles. The van der Waals surface area contributed by atoms with Crippen LogP contribution in [0.3, 0.4) is 0 Å². The lowest BCUT2D eigenvalue weighted by molar-refractivity contribution is -0.643. The van der Waals surface area contributed by atoms with Crippen LogP contribution >= 0.6 is 0 Å².